The van der Waals surface area contributed by atoms with Crippen LogP contribution in [0.3, 0.4) is 0 Å². The van der Waals surface area contributed by atoms with Gasteiger partial charge in [0.05, 0.1) is 33.7 Å². The molecular weight excluding hydrogens is 518 g/mol. The van der Waals surface area contributed by atoms with E-state index in [0.717, 1.165) is 18.2 Å². The summed E-state index contributed by atoms with van der Waals surface area (Å²) in [6.07, 6.45) is 1.28. The summed E-state index contributed by atoms with van der Waals surface area (Å²) in [7, 11) is 0. The number of aryl methyl sites for hydroxylation is 1. The average molecular weight is 539 g/mol. The number of nitro benzene ring substituents is 3. The third-order valence-corrected chi connectivity index (χ3v) is 4.91. The number of nitrogens with one attached hydrogen (secondary N) is 1. The Morgan fingerprint density at radius 3 is 2.18 bits per heavy atom. The molecule has 0 spiro atoms. The van der Waals surface area contributed by atoms with Crippen LogP contribution in [0.4, 0.5) is 17.1 Å². The van der Waals surface area contributed by atoms with Gasteiger partial charge in [-0.3, -0.25) is 35.1 Å². The fraction of sp³-hybridized carbons (Fsp3) is 0.167. The SMILES string of the molecule is CCOc1cc(/C=N\NC(=O)COc2ccc(C)cc2[N+](=O)[O-])ccc1Oc1ccc([N+](=O)[O-])cc1[N+](=O)[O-]. The molecule has 0 atom stereocenters. The molecule has 0 unspecified atom stereocenters. The first-order chi connectivity index (χ1) is 18.6. The molecule has 0 aromatic heterocycles. The van der Waals surface area contributed by atoms with E-state index < -0.39 is 38.7 Å². The molecule has 0 heterocycles. The predicted octanol–water partition coefficient (Wildman–Crippen LogP) is 4.44. The molecule has 15 nitrogen and oxygen atoms in total. The second-order valence-corrected chi connectivity index (χ2v) is 7.72. The number of hydrazone groups is 1. The van der Waals surface area contributed by atoms with Crippen LogP contribution < -0.4 is 19.6 Å². The van der Waals surface area contributed by atoms with Crippen LogP contribution in [0.1, 0.15) is 18.1 Å². The highest BCUT2D eigenvalue weighted by Gasteiger charge is 2.22. The van der Waals surface area contributed by atoms with Crippen molar-refractivity contribution >= 4 is 29.2 Å². The number of amides is 1. The van der Waals surface area contributed by atoms with Crippen LogP contribution in [0, 0.1) is 37.3 Å². The Morgan fingerprint density at radius 1 is 0.846 bits per heavy atom. The number of non-ortho nitro benzene ring substituents is 1. The number of nitrogens with zero attached hydrogens (tertiary/aromatic N) is 4. The molecule has 0 fully saturated rings. The van der Waals surface area contributed by atoms with Gasteiger partial charge in [0, 0.05) is 12.1 Å². The fourth-order valence-corrected chi connectivity index (χ4v) is 3.17. The number of benzene rings is 3. The second kappa shape index (κ2) is 12.6. The van der Waals surface area contributed by atoms with Gasteiger partial charge in [-0.25, -0.2) is 5.43 Å². The molecule has 0 aliphatic heterocycles. The average Bonchev–Trinajstić information content (AvgIpc) is 2.89. The van der Waals surface area contributed by atoms with E-state index in [1.165, 1.54) is 36.5 Å². The molecule has 3 rings (SSSR count). The quantitative estimate of drug-likeness (QED) is 0.195. The molecule has 1 N–H and O–H groups in total. The number of hydrogen-bond donors (Lipinski definition) is 1. The van der Waals surface area contributed by atoms with Crippen LogP contribution >= 0.6 is 0 Å². The van der Waals surface area contributed by atoms with E-state index in [1.807, 2.05) is 0 Å². The topological polar surface area (TPSA) is 199 Å². The van der Waals surface area contributed by atoms with Gasteiger partial charge < -0.3 is 14.2 Å². The first kappa shape index (κ1) is 28.0. The van der Waals surface area contributed by atoms with Gasteiger partial charge in [-0.15, -0.1) is 0 Å². The van der Waals surface area contributed by atoms with E-state index in [1.54, 1.807) is 19.9 Å². The molecule has 0 bridgehead atoms. The van der Waals surface area contributed by atoms with E-state index in [-0.39, 0.29) is 35.3 Å². The monoisotopic (exact) mass is 539 g/mol. The van der Waals surface area contributed by atoms with Crippen LogP contribution in [0.25, 0.3) is 0 Å². The summed E-state index contributed by atoms with van der Waals surface area (Å²) < 4.78 is 16.4. The van der Waals surface area contributed by atoms with Crippen LogP contribution in [0.15, 0.2) is 59.7 Å². The number of carbonyl (C=O) groups excluding carboxylic acids is 1. The lowest BCUT2D eigenvalue weighted by Gasteiger charge is -2.12. The summed E-state index contributed by atoms with van der Waals surface area (Å²) in [5, 5.41) is 37.3. The van der Waals surface area contributed by atoms with Gasteiger partial charge in [0.15, 0.2) is 23.9 Å². The molecule has 1 amide bonds. The van der Waals surface area contributed by atoms with E-state index in [4.69, 9.17) is 14.2 Å². The third-order valence-electron chi connectivity index (χ3n) is 4.91. The molecule has 0 aliphatic carbocycles. The molecule has 202 valence electrons. The third kappa shape index (κ3) is 7.45. The maximum atomic E-state index is 12.1. The number of ether oxygens (including phenoxy) is 3. The Morgan fingerprint density at radius 2 is 1.51 bits per heavy atom. The molecule has 0 saturated heterocycles. The lowest BCUT2D eigenvalue weighted by atomic mass is 10.2. The van der Waals surface area contributed by atoms with Crippen molar-refractivity contribution in [3.05, 3.63) is 96.1 Å². The number of carbonyl (C=O) groups is 1. The minimum atomic E-state index is -0.798. The van der Waals surface area contributed by atoms with E-state index in [2.05, 4.69) is 10.5 Å². The Bertz CT molecular complexity index is 1460. The van der Waals surface area contributed by atoms with Gasteiger partial charge in [0.2, 0.25) is 5.75 Å². The Labute approximate surface area is 220 Å². The maximum absolute atomic E-state index is 12.1. The van der Waals surface area contributed by atoms with Gasteiger partial charge in [0.1, 0.15) is 0 Å². The van der Waals surface area contributed by atoms with Gasteiger partial charge in [-0.05, 0) is 55.3 Å². The standard InChI is InChI=1S/C24H21N5O10/c1-3-37-23-11-16(5-8-22(23)39-21-9-6-17(27(31)32)12-19(21)29(35)36)13-25-26-24(30)14-38-20-7-4-15(2)10-18(20)28(33)34/h4-13H,3,14H2,1-2H3,(H,26,30)/b25-13-. The van der Waals surface area contributed by atoms with Crippen molar-refractivity contribution < 1.29 is 33.8 Å². The van der Waals surface area contributed by atoms with Crippen molar-refractivity contribution in [2.45, 2.75) is 13.8 Å². The molecule has 0 radical (unpaired) electrons. The molecule has 15 heteroatoms. The molecule has 0 saturated carbocycles. The molecule has 0 aliphatic rings. The van der Waals surface area contributed by atoms with Crippen molar-refractivity contribution in [2.24, 2.45) is 5.10 Å². The van der Waals surface area contributed by atoms with Crippen LogP contribution in [-0.4, -0.2) is 40.1 Å². The fourth-order valence-electron chi connectivity index (χ4n) is 3.17. The van der Waals surface area contributed by atoms with Gasteiger partial charge in [-0.2, -0.15) is 5.10 Å². The molecule has 3 aromatic carbocycles. The summed E-state index contributed by atoms with van der Waals surface area (Å²) in [5.74, 6) is -0.668. The van der Waals surface area contributed by atoms with Crippen LogP contribution in [0.5, 0.6) is 23.0 Å². The highest BCUT2D eigenvalue weighted by atomic mass is 16.6. The van der Waals surface area contributed by atoms with E-state index in [9.17, 15) is 35.1 Å². The zero-order valence-electron chi connectivity index (χ0n) is 20.6. The number of rotatable bonds is 12. The summed E-state index contributed by atoms with van der Waals surface area (Å²) in [4.78, 5) is 43.4. The highest BCUT2D eigenvalue weighted by Crippen LogP contribution is 2.38. The van der Waals surface area contributed by atoms with E-state index >= 15 is 0 Å². The van der Waals surface area contributed by atoms with Crippen molar-refractivity contribution in [2.75, 3.05) is 13.2 Å². The highest BCUT2D eigenvalue weighted by molar-refractivity contribution is 5.83. The summed E-state index contributed by atoms with van der Waals surface area (Å²) in [5.41, 5.74) is 2.03. The van der Waals surface area contributed by atoms with Crippen molar-refractivity contribution in [3.63, 3.8) is 0 Å². The lowest BCUT2D eigenvalue weighted by molar-refractivity contribution is -0.394. The van der Waals surface area contributed by atoms with Crippen molar-refractivity contribution in [3.8, 4) is 23.0 Å². The lowest BCUT2D eigenvalue weighted by Crippen LogP contribution is -2.24. The van der Waals surface area contributed by atoms with Crippen LogP contribution in [-0.2, 0) is 4.79 Å². The summed E-state index contributed by atoms with van der Waals surface area (Å²) in [6.45, 7) is 3.09. The second-order valence-electron chi connectivity index (χ2n) is 7.72. The Hall–Kier alpha value is -5.60. The van der Waals surface area contributed by atoms with Crippen molar-refractivity contribution in [1.29, 1.82) is 0 Å². The zero-order valence-corrected chi connectivity index (χ0v) is 20.6. The smallest absolute Gasteiger partial charge is 0.318 e. The largest absolute Gasteiger partial charge is 0.490 e. The summed E-state index contributed by atoms with van der Waals surface area (Å²) >= 11 is 0. The Kier molecular flexibility index (Phi) is 9.02. The van der Waals surface area contributed by atoms with E-state index in [0.29, 0.717) is 11.1 Å². The maximum Gasteiger partial charge on any atom is 0.318 e. The van der Waals surface area contributed by atoms with Crippen LogP contribution in [0.2, 0.25) is 0 Å². The zero-order chi connectivity index (χ0) is 28.5. The molecule has 3 aromatic rings. The first-order valence-corrected chi connectivity index (χ1v) is 11.2. The summed E-state index contributed by atoms with van der Waals surface area (Å²) in [6, 6.07) is 11.8. The molecule has 39 heavy (non-hydrogen) atoms. The minimum absolute atomic E-state index is 0.0602. The van der Waals surface area contributed by atoms with Crippen molar-refractivity contribution in [1.82, 2.24) is 5.43 Å². The number of hydrogen-bond acceptors (Lipinski definition) is 11. The van der Waals surface area contributed by atoms with Gasteiger partial charge in [0.25, 0.3) is 11.6 Å². The minimum Gasteiger partial charge on any atom is -0.490 e. The van der Waals surface area contributed by atoms with Gasteiger partial charge >= 0.3 is 11.4 Å². The Balaban J connectivity index is 1.69. The molecular formula is C24H21N5O10. The van der Waals surface area contributed by atoms with Gasteiger partial charge in [-0.1, -0.05) is 6.07 Å². The normalized spacial score (nSPS) is 10.6. The number of nitro groups is 3. The first-order valence-electron chi connectivity index (χ1n) is 11.2. The predicted molar refractivity (Wildman–Crippen MR) is 137 cm³/mol.